The van der Waals surface area contributed by atoms with Crippen LogP contribution in [0.15, 0.2) is 0 Å². The molecular weight excluding hydrogens is 232 g/mol. The maximum atomic E-state index is 3.93. The fourth-order valence-electron chi connectivity index (χ4n) is 4.44. The van der Waals surface area contributed by atoms with E-state index in [-0.39, 0.29) is 0 Å². The van der Waals surface area contributed by atoms with Crippen molar-refractivity contribution in [2.75, 3.05) is 20.6 Å². The van der Waals surface area contributed by atoms with E-state index in [1.807, 2.05) is 0 Å². The second-order valence-electron chi connectivity index (χ2n) is 7.67. The lowest BCUT2D eigenvalue weighted by Crippen LogP contribution is -2.55. The molecule has 2 aliphatic rings. The summed E-state index contributed by atoms with van der Waals surface area (Å²) in [5.74, 6) is 1.81. The lowest BCUT2D eigenvalue weighted by molar-refractivity contribution is 0.0892. The first-order chi connectivity index (χ1) is 9.02. The Labute approximate surface area is 120 Å². The molecule has 0 heterocycles. The molecule has 0 bridgehead atoms. The second-order valence-corrected chi connectivity index (χ2v) is 7.67. The Balaban J connectivity index is 1.88. The Kier molecular flexibility index (Phi) is 5.30. The van der Waals surface area contributed by atoms with Crippen LogP contribution in [0.4, 0.5) is 0 Å². The molecule has 1 N–H and O–H groups in total. The van der Waals surface area contributed by atoms with Crippen LogP contribution in [0.2, 0.25) is 0 Å². The monoisotopic (exact) mass is 266 g/mol. The summed E-state index contributed by atoms with van der Waals surface area (Å²) in [6.45, 7) is 6.05. The number of rotatable bonds is 4. The third-order valence-corrected chi connectivity index (χ3v) is 5.63. The first-order valence-corrected chi connectivity index (χ1v) is 8.43. The Morgan fingerprint density at radius 1 is 0.947 bits per heavy atom. The summed E-state index contributed by atoms with van der Waals surface area (Å²) in [5, 5.41) is 3.93. The number of nitrogens with zero attached hydrogens (tertiary/aromatic N) is 1. The molecule has 0 aromatic carbocycles. The predicted octanol–water partition coefficient (Wildman–Crippen LogP) is 3.67. The summed E-state index contributed by atoms with van der Waals surface area (Å²) < 4.78 is 0. The van der Waals surface area contributed by atoms with Gasteiger partial charge in [-0.25, -0.2) is 0 Å². The molecule has 0 aliphatic heterocycles. The number of hydrogen-bond acceptors (Lipinski definition) is 2. The molecule has 0 amide bonds. The van der Waals surface area contributed by atoms with Crippen molar-refractivity contribution in [1.29, 1.82) is 0 Å². The molecule has 2 aliphatic carbocycles. The summed E-state index contributed by atoms with van der Waals surface area (Å²) in [5.41, 5.74) is 0.433. The molecule has 0 radical (unpaired) electrons. The molecule has 2 rings (SSSR count). The number of likely N-dealkylation sites (N-methyl/N-ethyl adjacent to an activating group) is 1. The van der Waals surface area contributed by atoms with Crippen LogP contribution >= 0.6 is 0 Å². The summed E-state index contributed by atoms with van der Waals surface area (Å²) >= 11 is 0. The first-order valence-electron chi connectivity index (χ1n) is 8.43. The molecule has 0 aromatic heterocycles. The van der Waals surface area contributed by atoms with Crippen molar-refractivity contribution >= 4 is 0 Å². The molecule has 2 atom stereocenters. The summed E-state index contributed by atoms with van der Waals surface area (Å²) in [6, 6.07) is 0.762. The van der Waals surface area contributed by atoms with Crippen LogP contribution in [0.3, 0.4) is 0 Å². The van der Waals surface area contributed by atoms with Crippen molar-refractivity contribution in [2.24, 2.45) is 11.8 Å². The van der Waals surface area contributed by atoms with Crippen LogP contribution in [-0.2, 0) is 0 Å². The van der Waals surface area contributed by atoms with Gasteiger partial charge in [-0.3, -0.25) is 0 Å². The van der Waals surface area contributed by atoms with Crippen LogP contribution in [0.1, 0.15) is 65.2 Å². The highest BCUT2D eigenvalue weighted by molar-refractivity contribution is 4.94. The average molecular weight is 266 g/mol. The third kappa shape index (κ3) is 3.95. The van der Waals surface area contributed by atoms with Gasteiger partial charge in [-0.15, -0.1) is 0 Å². The zero-order valence-electron chi connectivity index (χ0n) is 13.5. The van der Waals surface area contributed by atoms with Gasteiger partial charge in [-0.1, -0.05) is 33.1 Å². The van der Waals surface area contributed by atoms with E-state index in [9.17, 15) is 0 Å². The third-order valence-electron chi connectivity index (χ3n) is 5.63. The standard InChI is InChI=1S/C17H34N2/c1-14-10-15(2)12-16(11-14)18-13-17(19(3)4)8-6-5-7-9-17/h14-16,18H,5-13H2,1-4H3. The molecule has 2 fully saturated rings. The van der Waals surface area contributed by atoms with Crippen LogP contribution < -0.4 is 5.32 Å². The summed E-state index contributed by atoms with van der Waals surface area (Å²) in [7, 11) is 4.55. The van der Waals surface area contributed by atoms with Crippen molar-refractivity contribution < 1.29 is 0 Å². The molecule has 2 unspecified atom stereocenters. The van der Waals surface area contributed by atoms with Crippen LogP contribution in [0.5, 0.6) is 0 Å². The van der Waals surface area contributed by atoms with Gasteiger partial charge in [-0.05, 0) is 58.0 Å². The molecule has 112 valence electrons. The van der Waals surface area contributed by atoms with Gasteiger partial charge in [0.25, 0.3) is 0 Å². The smallest absolute Gasteiger partial charge is 0.0327 e. The van der Waals surface area contributed by atoms with Crippen LogP contribution in [0.25, 0.3) is 0 Å². The lowest BCUT2D eigenvalue weighted by atomic mass is 9.78. The second kappa shape index (κ2) is 6.58. The van der Waals surface area contributed by atoms with Gasteiger partial charge in [0.1, 0.15) is 0 Å². The Bertz CT molecular complexity index is 258. The molecule has 0 aromatic rings. The topological polar surface area (TPSA) is 15.3 Å². The number of hydrogen-bond donors (Lipinski definition) is 1. The summed E-state index contributed by atoms with van der Waals surface area (Å²) in [6.07, 6.45) is 11.2. The van der Waals surface area contributed by atoms with Gasteiger partial charge in [0.05, 0.1) is 0 Å². The molecule has 19 heavy (non-hydrogen) atoms. The van der Waals surface area contributed by atoms with Crippen LogP contribution in [-0.4, -0.2) is 37.1 Å². The van der Waals surface area contributed by atoms with Gasteiger partial charge >= 0.3 is 0 Å². The molecule has 0 spiro atoms. The van der Waals surface area contributed by atoms with E-state index in [0.29, 0.717) is 5.54 Å². The fraction of sp³-hybridized carbons (Fsp3) is 1.00. The fourth-order valence-corrected chi connectivity index (χ4v) is 4.44. The largest absolute Gasteiger partial charge is 0.312 e. The van der Waals surface area contributed by atoms with E-state index in [2.05, 4.69) is 38.2 Å². The van der Waals surface area contributed by atoms with Crippen molar-refractivity contribution in [3.8, 4) is 0 Å². The van der Waals surface area contributed by atoms with Crippen molar-refractivity contribution in [3.05, 3.63) is 0 Å². The Morgan fingerprint density at radius 3 is 2.05 bits per heavy atom. The maximum absolute atomic E-state index is 3.93. The molecule has 2 saturated carbocycles. The van der Waals surface area contributed by atoms with Crippen molar-refractivity contribution in [1.82, 2.24) is 10.2 Å². The van der Waals surface area contributed by atoms with E-state index in [1.54, 1.807) is 0 Å². The highest BCUT2D eigenvalue weighted by Crippen LogP contribution is 2.33. The van der Waals surface area contributed by atoms with Gasteiger partial charge in [0.15, 0.2) is 0 Å². The van der Waals surface area contributed by atoms with E-state index >= 15 is 0 Å². The minimum Gasteiger partial charge on any atom is -0.312 e. The first kappa shape index (κ1) is 15.3. The average Bonchev–Trinajstić information content (AvgIpc) is 2.36. The minimum absolute atomic E-state index is 0.433. The van der Waals surface area contributed by atoms with Crippen molar-refractivity contribution in [2.45, 2.75) is 76.8 Å². The van der Waals surface area contributed by atoms with E-state index < -0.39 is 0 Å². The van der Waals surface area contributed by atoms with E-state index in [4.69, 9.17) is 0 Å². The SMILES string of the molecule is CC1CC(C)CC(NCC2(N(C)C)CCCCC2)C1. The zero-order valence-corrected chi connectivity index (χ0v) is 13.5. The summed E-state index contributed by atoms with van der Waals surface area (Å²) in [4.78, 5) is 2.49. The molecule has 2 nitrogen and oxygen atoms in total. The van der Waals surface area contributed by atoms with E-state index in [0.717, 1.165) is 17.9 Å². The quantitative estimate of drug-likeness (QED) is 0.835. The van der Waals surface area contributed by atoms with Gasteiger partial charge in [-0.2, -0.15) is 0 Å². The van der Waals surface area contributed by atoms with Gasteiger partial charge < -0.3 is 10.2 Å². The van der Waals surface area contributed by atoms with Crippen LogP contribution in [0, 0.1) is 11.8 Å². The number of nitrogens with one attached hydrogen (secondary N) is 1. The molecule has 0 saturated heterocycles. The lowest BCUT2D eigenvalue weighted by Gasteiger charge is -2.45. The minimum atomic E-state index is 0.433. The highest BCUT2D eigenvalue weighted by atomic mass is 15.2. The zero-order chi connectivity index (χ0) is 13.9. The molecule has 2 heteroatoms. The van der Waals surface area contributed by atoms with E-state index in [1.165, 1.54) is 57.9 Å². The Hall–Kier alpha value is -0.0800. The normalized spacial score (nSPS) is 35.5. The Morgan fingerprint density at radius 2 is 1.53 bits per heavy atom. The maximum Gasteiger partial charge on any atom is 0.0327 e. The highest BCUT2D eigenvalue weighted by Gasteiger charge is 2.35. The van der Waals surface area contributed by atoms with Gasteiger partial charge in [0.2, 0.25) is 0 Å². The van der Waals surface area contributed by atoms with Crippen molar-refractivity contribution in [3.63, 3.8) is 0 Å². The van der Waals surface area contributed by atoms with Gasteiger partial charge in [0, 0.05) is 18.1 Å². The predicted molar refractivity (Wildman–Crippen MR) is 83.5 cm³/mol. The molecular formula is C17H34N2.